The number of hydrogen-bond acceptors (Lipinski definition) is 2. The van der Waals surface area contributed by atoms with Gasteiger partial charge in [0.1, 0.15) is 0 Å². The van der Waals surface area contributed by atoms with E-state index in [1.54, 1.807) is 24.3 Å². The maximum Gasteiger partial charge on any atom is 0.251 e. The van der Waals surface area contributed by atoms with Gasteiger partial charge in [-0.3, -0.25) is 9.59 Å². The number of aryl methyl sites for hydroxylation is 1. The summed E-state index contributed by atoms with van der Waals surface area (Å²) >= 11 is 5.80. The van der Waals surface area contributed by atoms with Crippen molar-refractivity contribution in [2.24, 2.45) is 0 Å². The Hall–Kier alpha value is -2.33. The SMILES string of the molecule is Cc1ccccc1C(=O)NCC(=O)NCc1ccc(Cl)cc1. The van der Waals surface area contributed by atoms with E-state index >= 15 is 0 Å². The second-order valence-electron chi connectivity index (χ2n) is 4.90. The van der Waals surface area contributed by atoms with Gasteiger partial charge in [0, 0.05) is 17.1 Å². The summed E-state index contributed by atoms with van der Waals surface area (Å²) in [5, 5.41) is 6.01. The van der Waals surface area contributed by atoms with Crippen molar-refractivity contribution < 1.29 is 9.59 Å². The van der Waals surface area contributed by atoms with Gasteiger partial charge in [0.25, 0.3) is 5.91 Å². The first-order valence-corrected chi connectivity index (χ1v) is 7.29. The van der Waals surface area contributed by atoms with E-state index in [0.717, 1.165) is 11.1 Å². The van der Waals surface area contributed by atoms with Gasteiger partial charge in [-0.25, -0.2) is 0 Å². The summed E-state index contributed by atoms with van der Waals surface area (Å²) in [6.07, 6.45) is 0. The molecule has 0 saturated carbocycles. The number of hydrogen-bond donors (Lipinski definition) is 2. The lowest BCUT2D eigenvalue weighted by Crippen LogP contribution is -2.36. The Labute approximate surface area is 134 Å². The van der Waals surface area contributed by atoms with E-state index in [-0.39, 0.29) is 18.4 Å². The average Bonchev–Trinajstić information content (AvgIpc) is 2.52. The van der Waals surface area contributed by atoms with Crippen molar-refractivity contribution in [3.63, 3.8) is 0 Å². The Balaban J connectivity index is 1.79. The molecule has 0 heterocycles. The summed E-state index contributed by atoms with van der Waals surface area (Å²) in [7, 11) is 0. The van der Waals surface area contributed by atoms with Gasteiger partial charge in [0.2, 0.25) is 5.91 Å². The fraction of sp³-hybridized carbons (Fsp3) is 0.176. The molecule has 0 fully saturated rings. The molecule has 0 spiro atoms. The molecule has 22 heavy (non-hydrogen) atoms. The highest BCUT2D eigenvalue weighted by Gasteiger charge is 2.09. The standard InChI is InChI=1S/C17H17ClN2O2/c1-12-4-2-3-5-15(12)17(22)20-11-16(21)19-10-13-6-8-14(18)9-7-13/h2-9H,10-11H2,1H3,(H,19,21)(H,20,22). The summed E-state index contributed by atoms with van der Waals surface area (Å²) in [6.45, 7) is 2.20. The Morgan fingerprint density at radius 3 is 2.36 bits per heavy atom. The molecule has 4 nitrogen and oxygen atoms in total. The summed E-state index contributed by atoms with van der Waals surface area (Å²) in [5.74, 6) is -0.489. The second-order valence-corrected chi connectivity index (χ2v) is 5.34. The van der Waals surface area contributed by atoms with E-state index in [0.29, 0.717) is 17.1 Å². The van der Waals surface area contributed by atoms with Gasteiger partial charge in [-0.2, -0.15) is 0 Å². The Morgan fingerprint density at radius 1 is 1.00 bits per heavy atom. The lowest BCUT2D eigenvalue weighted by Gasteiger charge is -2.08. The van der Waals surface area contributed by atoms with Crippen molar-refractivity contribution in [3.8, 4) is 0 Å². The van der Waals surface area contributed by atoms with Gasteiger partial charge in [-0.1, -0.05) is 41.9 Å². The zero-order valence-corrected chi connectivity index (χ0v) is 13.0. The van der Waals surface area contributed by atoms with Crippen LogP contribution in [0, 0.1) is 6.92 Å². The van der Waals surface area contributed by atoms with Crippen LogP contribution in [0.25, 0.3) is 0 Å². The topological polar surface area (TPSA) is 58.2 Å². The molecule has 0 radical (unpaired) electrons. The lowest BCUT2D eigenvalue weighted by atomic mass is 10.1. The summed E-state index contributed by atoms with van der Waals surface area (Å²) in [6, 6.07) is 14.5. The van der Waals surface area contributed by atoms with Gasteiger partial charge >= 0.3 is 0 Å². The lowest BCUT2D eigenvalue weighted by molar-refractivity contribution is -0.120. The molecular weight excluding hydrogens is 300 g/mol. The molecule has 0 aliphatic carbocycles. The number of carbonyl (C=O) groups excluding carboxylic acids is 2. The molecule has 0 bridgehead atoms. The minimum Gasteiger partial charge on any atom is -0.350 e. The van der Waals surface area contributed by atoms with Crippen molar-refractivity contribution in [2.45, 2.75) is 13.5 Å². The molecule has 0 aromatic heterocycles. The summed E-state index contributed by atoms with van der Waals surface area (Å²) in [4.78, 5) is 23.7. The number of halogens is 1. The van der Waals surface area contributed by atoms with E-state index in [4.69, 9.17) is 11.6 Å². The van der Waals surface area contributed by atoms with Crippen LogP contribution in [0.15, 0.2) is 48.5 Å². The maximum absolute atomic E-state index is 12.0. The van der Waals surface area contributed by atoms with Crippen LogP contribution in [-0.4, -0.2) is 18.4 Å². The van der Waals surface area contributed by atoms with Gasteiger partial charge in [0.05, 0.1) is 6.54 Å². The molecule has 2 N–H and O–H groups in total. The molecule has 0 aliphatic rings. The molecule has 0 unspecified atom stereocenters. The van der Waals surface area contributed by atoms with E-state index in [1.807, 2.05) is 31.2 Å². The highest BCUT2D eigenvalue weighted by Crippen LogP contribution is 2.09. The largest absolute Gasteiger partial charge is 0.350 e. The van der Waals surface area contributed by atoms with Crippen LogP contribution in [0.1, 0.15) is 21.5 Å². The normalized spacial score (nSPS) is 10.1. The summed E-state index contributed by atoms with van der Waals surface area (Å²) in [5.41, 5.74) is 2.40. The zero-order valence-electron chi connectivity index (χ0n) is 12.2. The minimum absolute atomic E-state index is 0.0548. The van der Waals surface area contributed by atoms with Crippen molar-refractivity contribution in [3.05, 3.63) is 70.2 Å². The Bertz CT molecular complexity index is 669. The van der Waals surface area contributed by atoms with Crippen LogP contribution in [0.2, 0.25) is 5.02 Å². The predicted octanol–water partition coefficient (Wildman–Crippen LogP) is 2.69. The van der Waals surface area contributed by atoms with Gasteiger partial charge in [-0.15, -0.1) is 0 Å². The van der Waals surface area contributed by atoms with E-state index in [9.17, 15) is 9.59 Å². The predicted molar refractivity (Wildman–Crippen MR) is 86.8 cm³/mol. The first-order valence-electron chi connectivity index (χ1n) is 6.91. The Kier molecular flexibility index (Phi) is 5.55. The van der Waals surface area contributed by atoms with E-state index in [2.05, 4.69) is 10.6 Å². The third-order valence-electron chi connectivity index (χ3n) is 3.20. The highest BCUT2D eigenvalue weighted by molar-refractivity contribution is 6.30. The quantitative estimate of drug-likeness (QED) is 0.891. The fourth-order valence-electron chi connectivity index (χ4n) is 1.95. The molecule has 2 rings (SSSR count). The average molecular weight is 317 g/mol. The highest BCUT2D eigenvalue weighted by atomic mass is 35.5. The third-order valence-corrected chi connectivity index (χ3v) is 3.45. The van der Waals surface area contributed by atoms with E-state index in [1.165, 1.54) is 0 Å². The van der Waals surface area contributed by atoms with Crippen LogP contribution in [0.3, 0.4) is 0 Å². The molecule has 2 aromatic rings. The van der Waals surface area contributed by atoms with Crippen molar-refractivity contribution in [2.75, 3.05) is 6.54 Å². The van der Waals surface area contributed by atoms with Gasteiger partial charge in [-0.05, 0) is 36.2 Å². The summed E-state index contributed by atoms with van der Waals surface area (Å²) < 4.78 is 0. The maximum atomic E-state index is 12.0. The molecular formula is C17H17ClN2O2. The first-order chi connectivity index (χ1) is 10.6. The third kappa shape index (κ3) is 4.60. The van der Waals surface area contributed by atoms with Crippen LogP contribution in [0.5, 0.6) is 0 Å². The molecule has 0 saturated heterocycles. The van der Waals surface area contributed by atoms with Crippen LogP contribution < -0.4 is 10.6 Å². The number of amides is 2. The molecule has 114 valence electrons. The van der Waals surface area contributed by atoms with E-state index < -0.39 is 0 Å². The molecule has 5 heteroatoms. The number of benzene rings is 2. The minimum atomic E-state index is -0.250. The van der Waals surface area contributed by atoms with Crippen molar-refractivity contribution in [1.29, 1.82) is 0 Å². The smallest absolute Gasteiger partial charge is 0.251 e. The van der Waals surface area contributed by atoms with Crippen molar-refractivity contribution >= 4 is 23.4 Å². The zero-order chi connectivity index (χ0) is 15.9. The van der Waals surface area contributed by atoms with Crippen LogP contribution in [0.4, 0.5) is 0 Å². The Morgan fingerprint density at radius 2 is 1.68 bits per heavy atom. The monoisotopic (exact) mass is 316 g/mol. The number of rotatable bonds is 5. The van der Waals surface area contributed by atoms with Crippen LogP contribution >= 0.6 is 11.6 Å². The molecule has 2 amide bonds. The molecule has 2 aromatic carbocycles. The molecule has 0 aliphatic heterocycles. The molecule has 0 atom stereocenters. The van der Waals surface area contributed by atoms with Gasteiger partial charge < -0.3 is 10.6 Å². The number of nitrogens with one attached hydrogen (secondary N) is 2. The first kappa shape index (κ1) is 16.0. The number of carbonyl (C=O) groups is 2. The fourth-order valence-corrected chi connectivity index (χ4v) is 2.07. The second kappa shape index (κ2) is 7.61. The van der Waals surface area contributed by atoms with Crippen molar-refractivity contribution in [1.82, 2.24) is 10.6 Å². The van der Waals surface area contributed by atoms with Gasteiger partial charge in [0.15, 0.2) is 0 Å². The van der Waals surface area contributed by atoms with Crippen LogP contribution in [-0.2, 0) is 11.3 Å².